The van der Waals surface area contributed by atoms with E-state index in [4.69, 9.17) is 5.84 Å². The fraction of sp³-hybridized carbons (Fsp3) is 0.517. The molecule has 10 nitrogen and oxygen atoms in total. The molecule has 3 atom stereocenters. The van der Waals surface area contributed by atoms with Crippen LogP contribution in [-0.4, -0.2) is 92.1 Å². The number of methoxy groups -OCH3 is 1. The summed E-state index contributed by atoms with van der Waals surface area (Å²) in [7, 11) is 3.39. The molecule has 2 amide bonds. The second-order valence-electron chi connectivity index (χ2n) is 10.6. The highest BCUT2D eigenvalue weighted by Crippen LogP contribution is 2.18. The van der Waals surface area contributed by atoms with Crippen molar-refractivity contribution in [1.29, 1.82) is 0 Å². The normalized spacial score (nSPS) is 16.6. The first-order valence-electron chi connectivity index (χ1n) is 13.5. The van der Waals surface area contributed by atoms with Gasteiger partial charge in [-0.1, -0.05) is 56.3 Å². The van der Waals surface area contributed by atoms with E-state index in [9.17, 15) is 14.7 Å². The van der Waals surface area contributed by atoms with Crippen LogP contribution >= 0.6 is 0 Å². The molecule has 1 aliphatic heterocycles. The number of aliphatic hydroxyl groups is 1. The van der Waals surface area contributed by atoms with Crippen molar-refractivity contribution in [2.24, 2.45) is 11.8 Å². The highest BCUT2D eigenvalue weighted by molar-refractivity contribution is 5.86. The van der Waals surface area contributed by atoms with Gasteiger partial charge in [0.2, 0.25) is 5.91 Å². The minimum atomic E-state index is -0.949. The molecule has 1 fully saturated rings. The highest BCUT2D eigenvalue weighted by Gasteiger charge is 2.30. The van der Waals surface area contributed by atoms with Crippen LogP contribution in [0.5, 0.6) is 0 Å². The van der Waals surface area contributed by atoms with Crippen LogP contribution in [0.4, 0.5) is 10.5 Å². The van der Waals surface area contributed by atoms with Crippen LogP contribution in [0.3, 0.4) is 0 Å². The van der Waals surface area contributed by atoms with Crippen LogP contribution in [0.2, 0.25) is 0 Å². The molecule has 0 bridgehead atoms. The Labute approximate surface area is 232 Å². The third-order valence-corrected chi connectivity index (χ3v) is 7.11. The lowest BCUT2D eigenvalue weighted by Gasteiger charge is -2.34. The number of amides is 2. The molecule has 39 heavy (non-hydrogen) atoms. The third kappa shape index (κ3) is 9.50. The Kier molecular flexibility index (Phi) is 11.5. The number of alkyl carbamates (subject to hydrolysis) is 1. The van der Waals surface area contributed by atoms with Crippen LogP contribution in [0, 0.1) is 5.92 Å². The van der Waals surface area contributed by atoms with Crippen LogP contribution in [0.25, 0.3) is 0 Å². The molecular formula is C29H44N6O4. The second kappa shape index (κ2) is 14.8. The fourth-order valence-corrected chi connectivity index (χ4v) is 4.69. The predicted octanol–water partition coefficient (Wildman–Crippen LogP) is 1.58. The molecule has 10 heteroatoms. The van der Waals surface area contributed by atoms with E-state index in [1.165, 1.54) is 12.8 Å². The standard InChI is InChI=1S/C29H44N6O4/c1-21(2)27(32-29(38)39-4)28(37)31-25(18-22-8-6-5-7-9-22)26(36)20-35(30)19-23-10-12-24(13-11-23)34-16-14-33(3)15-17-34/h5-13,21,25-27,36H,14-20,30H2,1-4H3,(H,31,37)(H,32,38)/t25?,26?,27-/m0/s1. The van der Waals surface area contributed by atoms with Crippen molar-refractivity contribution >= 4 is 17.7 Å². The van der Waals surface area contributed by atoms with E-state index in [0.29, 0.717) is 13.0 Å². The molecule has 0 spiro atoms. The van der Waals surface area contributed by atoms with Gasteiger partial charge in [-0.2, -0.15) is 0 Å². The predicted molar refractivity (Wildman–Crippen MR) is 153 cm³/mol. The van der Waals surface area contributed by atoms with Crippen molar-refractivity contribution in [3.05, 3.63) is 65.7 Å². The second-order valence-corrected chi connectivity index (χ2v) is 10.6. The summed E-state index contributed by atoms with van der Waals surface area (Å²) in [6.45, 7) is 8.37. The molecule has 1 saturated heterocycles. The average Bonchev–Trinajstić information content (AvgIpc) is 2.92. The van der Waals surface area contributed by atoms with Gasteiger partial charge >= 0.3 is 6.09 Å². The Morgan fingerprint density at radius 1 is 1.00 bits per heavy atom. The first kappa shape index (κ1) is 30.4. The zero-order valence-electron chi connectivity index (χ0n) is 23.5. The van der Waals surface area contributed by atoms with Gasteiger partial charge < -0.3 is 30.3 Å². The number of nitrogens with zero attached hydrogens (tertiary/aromatic N) is 3. The first-order valence-corrected chi connectivity index (χ1v) is 13.5. The van der Waals surface area contributed by atoms with E-state index in [1.807, 2.05) is 44.2 Å². The molecule has 0 aliphatic carbocycles. The summed E-state index contributed by atoms with van der Waals surface area (Å²) < 4.78 is 4.68. The Balaban J connectivity index is 1.63. The minimum absolute atomic E-state index is 0.148. The number of carbonyl (C=O) groups excluding carboxylic acids is 2. The number of piperazine rings is 1. The number of nitrogens with one attached hydrogen (secondary N) is 2. The molecule has 0 aromatic heterocycles. The van der Waals surface area contributed by atoms with Crippen LogP contribution in [0.15, 0.2) is 54.6 Å². The van der Waals surface area contributed by atoms with Gasteiger partial charge in [0.15, 0.2) is 0 Å². The maximum Gasteiger partial charge on any atom is 0.407 e. The molecule has 2 aromatic rings. The molecular weight excluding hydrogens is 496 g/mol. The van der Waals surface area contributed by atoms with E-state index < -0.39 is 30.2 Å². The highest BCUT2D eigenvalue weighted by atomic mass is 16.5. The number of benzene rings is 2. The summed E-state index contributed by atoms with van der Waals surface area (Å²) in [6.07, 6.45) is -1.23. The number of rotatable bonds is 12. The molecule has 2 unspecified atom stereocenters. The summed E-state index contributed by atoms with van der Waals surface area (Å²) in [5.41, 5.74) is 3.20. The summed E-state index contributed by atoms with van der Waals surface area (Å²) in [5.74, 6) is 5.76. The summed E-state index contributed by atoms with van der Waals surface area (Å²) >= 11 is 0. The number of anilines is 1. The van der Waals surface area contributed by atoms with Gasteiger partial charge in [0.25, 0.3) is 0 Å². The van der Waals surface area contributed by atoms with Crippen molar-refractivity contribution in [3.8, 4) is 0 Å². The molecule has 0 radical (unpaired) electrons. The van der Waals surface area contributed by atoms with Crippen molar-refractivity contribution in [2.45, 2.75) is 45.0 Å². The molecule has 3 rings (SSSR count). The van der Waals surface area contributed by atoms with Gasteiger partial charge in [-0.15, -0.1) is 0 Å². The SMILES string of the molecule is COC(=O)N[C@H](C(=O)NC(Cc1ccccc1)C(O)CN(N)Cc1ccc(N2CCN(C)CC2)cc1)C(C)C. The third-order valence-electron chi connectivity index (χ3n) is 7.11. The van der Waals surface area contributed by atoms with E-state index >= 15 is 0 Å². The van der Waals surface area contributed by atoms with Gasteiger partial charge in [0.1, 0.15) is 6.04 Å². The van der Waals surface area contributed by atoms with Gasteiger partial charge in [0, 0.05) is 45.0 Å². The van der Waals surface area contributed by atoms with E-state index in [1.54, 1.807) is 5.01 Å². The Hall–Kier alpha value is -3.18. The van der Waals surface area contributed by atoms with E-state index in [0.717, 1.165) is 37.3 Å². The summed E-state index contributed by atoms with van der Waals surface area (Å²) in [6, 6.07) is 16.6. The lowest BCUT2D eigenvalue weighted by atomic mass is 9.98. The molecule has 0 saturated carbocycles. The fourth-order valence-electron chi connectivity index (χ4n) is 4.69. The first-order chi connectivity index (χ1) is 18.7. The number of hydrogen-bond acceptors (Lipinski definition) is 8. The molecule has 1 aliphatic rings. The number of aliphatic hydroxyl groups excluding tert-OH is 1. The average molecular weight is 541 g/mol. The minimum Gasteiger partial charge on any atom is -0.453 e. The number of hydrazine groups is 1. The lowest BCUT2D eigenvalue weighted by molar-refractivity contribution is -0.125. The summed E-state index contributed by atoms with van der Waals surface area (Å²) in [5, 5.41) is 18.3. The maximum absolute atomic E-state index is 13.2. The monoisotopic (exact) mass is 540 g/mol. The number of likely N-dealkylation sites (N-methyl/N-ethyl adjacent to an activating group) is 1. The van der Waals surface area contributed by atoms with Gasteiger partial charge in [0.05, 0.1) is 19.3 Å². The Morgan fingerprint density at radius 2 is 1.64 bits per heavy atom. The van der Waals surface area contributed by atoms with Gasteiger partial charge in [-0.25, -0.2) is 9.80 Å². The number of nitrogens with two attached hydrogens (primary N) is 1. The van der Waals surface area contributed by atoms with Gasteiger partial charge in [-0.05, 0) is 42.6 Å². The molecule has 2 aromatic carbocycles. The molecule has 5 N–H and O–H groups in total. The summed E-state index contributed by atoms with van der Waals surface area (Å²) in [4.78, 5) is 29.7. The van der Waals surface area contributed by atoms with E-state index in [2.05, 4.69) is 56.5 Å². The van der Waals surface area contributed by atoms with Crippen LogP contribution in [0.1, 0.15) is 25.0 Å². The Bertz CT molecular complexity index is 1030. The van der Waals surface area contributed by atoms with Crippen molar-refractivity contribution < 1.29 is 19.4 Å². The molecule has 1 heterocycles. The van der Waals surface area contributed by atoms with E-state index in [-0.39, 0.29) is 12.5 Å². The zero-order chi connectivity index (χ0) is 28.4. The molecule has 214 valence electrons. The Morgan fingerprint density at radius 3 is 2.23 bits per heavy atom. The van der Waals surface area contributed by atoms with Crippen molar-refractivity contribution in [1.82, 2.24) is 20.5 Å². The lowest BCUT2D eigenvalue weighted by Crippen LogP contribution is -2.56. The number of hydrogen-bond donors (Lipinski definition) is 4. The van der Waals surface area contributed by atoms with Gasteiger partial charge in [-0.3, -0.25) is 10.6 Å². The topological polar surface area (TPSA) is 123 Å². The van der Waals surface area contributed by atoms with Crippen LogP contribution < -0.4 is 21.4 Å². The number of carbonyl (C=O) groups is 2. The largest absolute Gasteiger partial charge is 0.453 e. The quantitative estimate of drug-likeness (QED) is 0.236. The maximum atomic E-state index is 13.2. The van der Waals surface area contributed by atoms with Crippen LogP contribution in [-0.2, 0) is 22.5 Å². The van der Waals surface area contributed by atoms with Crippen molar-refractivity contribution in [3.63, 3.8) is 0 Å². The number of ether oxygens (including phenoxy) is 1. The zero-order valence-corrected chi connectivity index (χ0v) is 23.5. The van der Waals surface area contributed by atoms with Crippen molar-refractivity contribution in [2.75, 3.05) is 51.8 Å². The smallest absolute Gasteiger partial charge is 0.407 e.